The molecular formula is C10H18N2O. The minimum Gasteiger partial charge on any atom is -0.393 e. The zero-order valence-electron chi connectivity index (χ0n) is 8.40. The van der Waals surface area contributed by atoms with E-state index in [0.717, 1.165) is 31.6 Å². The SMILES string of the molecule is CCn1ccnc1CCCC(C)O. The number of aliphatic hydroxyl groups excluding tert-OH is 1. The lowest BCUT2D eigenvalue weighted by Crippen LogP contribution is -2.04. The smallest absolute Gasteiger partial charge is 0.108 e. The molecule has 1 aromatic heterocycles. The molecule has 1 heterocycles. The number of nitrogens with zero attached hydrogens (tertiary/aromatic N) is 2. The highest BCUT2D eigenvalue weighted by Crippen LogP contribution is 2.05. The second kappa shape index (κ2) is 5.02. The monoisotopic (exact) mass is 182 g/mol. The van der Waals surface area contributed by atoms with Gasteiger partial charge in [-0.2, -0.15) is 0 Å². The van der Waals surface area contributed by atoms with Crippen LogP contribution in [0.25, 0.3) is 0 Å². The van der Waals surface area contributed by atoms with Gasteiger partial charge in [0.05, 0.1) is 6.10 Å². The Hall–Kier alpha value is -0.830. The van der Waals surface area contributed by atoms with Crippen LogP contribution in [0.5, 0.6) is 0 Å². The van der Waals surface area contributed by atoms with Gasteiger partial charge in [-0.3, -0.25) is 0 Å². The summed E-state index contributed by atoms with van der Waals surface area (Å²) in [6, 6.07) is 0. The number of hydrogen-bond acceptors (Lipinski definition) is 2. The minimum absolute atomic E-state index is 0.190. The van der Waals surface area contributed by atoms with E-state index in [1.165, 1.54) is 0 Å². The second-order valence-electron chi connectivity index (χ2n) is 3.37. The van der Waals surface area contributed by atoms with Crippen LogP contribution < -0.4 is 0 Å². The van der Waals surface area contributed by atoms with Crippen LogP contribution in [0.15, 0.2) is 12.4 Å². The van der Waals surface area contributed by atoms with Crippen molar-refractivity contribution in [3.05, 3.63) is 18.2 Å². The maximum absolute atomic E-state index is 9.08. The number of aromatic nitrogens is 2. The van der Waals surface area contributed by atoms with Gasteiger partial charge in [-0.15, -0.1) is 0 Å². The third-order valence-corrected chi connectivity index (χ3v) is 2.16. The lowest BCUT2D eigenvalue weighted by Gasteiger charge is -2.05. The van der Waals surface area contributed by atoms with Crippen molar-refractivity contribution in [1.82, 2.24) is 9.55 Å². The molecule has 0 radical (unpaired) electrons. The molecule has 0 aromatic carbocycles. The van der Waals surface area contributed by atoms with Crippen molar-refractivity contribution in [2.75, 3.05) is 0 Å². The first-order valence-corrected chi connectivity index (χ1v) is 4.92. The summed E-state index contributed by atoms with van der Waals surface area (Å²) in [4.78, 5) is 4.27. The van der Waals surface area contributed by atoms with Crippen molar-refractivity contribution in [2.24, 2.45) is 0 Å². The topological polar surface area (TPSA) is 38.0 Å². The Balaban J connectivity index is 2.36. The van der Waals surface area contributed by atoms with Crippen LogP contribution in [0.4, 0.5) is 0 Å². The van der Waals surface area contributed by atoms with E-state index in [0.29, 0.717) is 0 Å². The van der Waals surface area contributed by atoms with Crippen molar-refractivity contribution in [3.8, 4) is 0 Å². The van der Waals surface area contributed by atoms with Crippen molar-refractivity contribution in [1.29, 1.82) is 0 Å². The van der Waals surface area contributed by atoms with Crippen LogP contribution in [-0.2, 0) is 13.0 Å². The number of rotatable bonds is 5. The largest absolute Gasteiger partial charge is 0.393 e. The molecule has 0 fully saturated rings. The number of hydrogen-bond donors (Lipinski definition) is 1. The average molecular weight is 182 g/mol. The fraction of sp³-hybridized carbons (Fsp3) is 0.700. The predicted molar refractivity (Wildman–Crippen MR) is 52.5 cm³/mol. The van der Waals surface area contributed by atoms with Crippen LogP contribution in [0.3, 0.4) is 0 Å². The van der Waals surface area contributed by atoms with E-state index in [-0.39, 0.29) is 6.10 Å². The maximum atomic E-state index is 9.08. The first kappa shape index (κ1) is 10.3. The highest BCUT2D eigenvalue weighted by Gasteiger charge is 2.01. The van der Waals surface area contributed by atoms with E-state index in [9.17, 15) is 0 Å². The summed E-state index contributed by atoms with van der Waals surface area (Å²) in [5, 5.41) is 9.08. The van der Waals surface area contributed by atoms with Crippen LogP contribution in [0.2, 0.25) is 0 Å². The molecule has 0 saturated heterocycles. The Morgan fingerprint density at radius 2 is 2.38 bits per heavy atom. The summed E-state index contributed by atoms with van der Waals surface area (Å²) < 4.78 is 2.14. The standard InChI is InChI=1S/C10H18N2O/c1-3-12-8-7-11-10(12)6-4-5-9(2)13/h7-9,13H,3-6H2,1-2H3. The van der Waals surface area contributed by atoms with Crippen molar-refractivity contribution >= 4 is 0 Å². The second-order valence-corrected chi connectivity index (χ2v) is 3.37. The molecule has 3 heteroatoms. The predicted octanol–water partition coefficient (Wildman–Crippen LogP) is 1.61. The Bertz CT molecular complexity index is 243. The Morgan fingerprint density at radius 1 is 1.62 bits per heavy atom. The summed E-state index contributed by atoms with van der Waals surface area (Å²) in [5.41, 5.74) is 0. The Kier molecular flexibility index (Phi) is 3.96. The zero-order valence-corrected chi connectivity index (χ0v) is 8.40. The summed E-state index contributed by atoms with van der Waals surface area (Å²) in [6.45, 7) is 4.91. The Morgan fingerprint density at radius 3 is 3.00 bits per heavy atom. The molecule has 74 valence electrons. The highest BCUT2D eigenvalue weighted by molar-refractivity contribution is 4.92. The van der Waals surface area contributed by atoms with E-state index in [1.54, 1.807) is 0 Å². The van der Waals surface area contributed by atoms with Crippen LogP contribution >= 0.6 is 0 Å². The summed E-state index contributed by atoms with van der Waals surface area (Å²) in [7, 11) is 0. The molecular weight excluding hydrogens is 164 g/mol. The number of aliphatic hydroxyl groups is 1. The molecule has 1 aromatic rings. The molecule has 13 heavy (non-hydrogen) atoms. The van der Waals surface area contributed by atoms with Gasteiger partial charge in [0.25, 0.3) is 0 Å². The molecule has 1 unspecified atom stereocenters. The van der Waals surface area contributed by atoms with Gasteiger partial charge < -0.3 is 9.67 Å². The quantitative estimate of drug-likeness (QED) is 0.751. The first-order chi connectivity index (χ1) is 6.24. The van der Waals surface area contributed by atoms with E-state index in [4.69, 9.17) is 5.11 Å². The van der Waals surface area contributed by atoms with Gasteiger partial charge in [-0.1, -0.05) is 0 Å². The first-order valence-electron chi connectivity index (χ1n) is 4.92. The molecule has 0 saturated carbocycles. The van der Waals surface area contributed by atoms with E-state index < -0.39 is 0 Å². The molecule has 0 aliphatic heterocycles. The third kappa shape index (κ3) is 3.19. The molecule has 0 bridgehead atoms. The lowest BCUT2D eigenvalue weighted by atomic mass is 10.2. The molecule has 0 spiro atoms. The summed E-state index contributed by atoms with van der Waals surface area (Å²) >= 11 is 0. The molecule has 1 N–H and O–H groups in total. The number of imidazole rings is 1. The van der Waals surface area contributed by atoms with E-state index in [2.05, 4.69) is 16.5 Å². The van der Waals surface area contributed by atoms with Crippen molar-refractivity contribution in [2.45, 2.75) is 45.8 Å². The third-order valence-electron chi connectivity index (χ3n) is 2.16. The van der Waals surface area contributed by atoms with Gasteiger partial charge >= 0.3 is 0 Å². The fourth-order valence-electron chi connectivity index (χ4n) is 1.41. The number of aryl methyl sites for hydroxylation is 2. The molecule has 1 atom stereocenters. The van der Waals surface area contributed by atoms with Gasteiger partial charge in [0, 0.05) is 25.4 Å². The fourth-order valence-corrected chi connectivity index (χ4v) is 1.41. The van der Waals surface area contributed by atoms with Crippen LogP contribution in [-0.4, -0.2) is 20.8 Å². The Labute approximate surface area is 79.4 Å². The van der Waals surface area contributed by atoms with Gasteiger partial charge in [-0.05, 0) is 26.7 Å². The molecule has 0 amide bonds. The molecule has 1 rings (SSSR count). The van der Waals surface area contributed by atoms with Gasteiger partial charge in [-0.25, -0.2) is 4.98 Å². The average Bonchev–Trinajstić information content (AvgIpc) is 2.51. The van der Waals surface area contributed by atoms with Crippen LogP contribution in [0.1, 0.15) is 32.5 Å². The van der Waals surface area contributed by atoms with Crippen LogP contribution in [0, 0.1) is 0 Å². The maximum Gasteiger partial charge on any atom is 0.108 e. The highest BCUT2D eigenvalue weighted by atomic mass is 16.3. The summed E-state index contributed by atoms with van der Waals surface area (Å²) in [6.07, 6.45) is 6.47. The minimum atomic E-state index is -0.190. The van der Waals surface area contributed by atoms with Gasteiger partial charge in [0.15, 0.2) is 0 Å². The molecule has 3 nitrogen and oxygen atoms in total. The van der Waals surface area contributed by atoms with Gasteiger partial charge in [0.2, 0.25) is 0 Å². The molecule has 0 aliphatic rings. The molecule has 0 aliphatic carbocycles. The lowest BCUT2D eigenvalue weighted by molar-refractivity contribution is 0.181. The van der Waals surface area contributed by atoms with E-state index in [1.807, 2.05) is 19.3 Å². The van der Waals surface area contributed by atoms with Crippen molar-refractivity contribution < 1.29 is 5.11 Å². The van der Waals surface area contributed by atoms with Crippen molar-refractivity contribution in [3.63, 3.8) is 0 Å². The van der Waals surface area contributed by atoms with Gasteiger partial charge in [0.1, 0.15) is 5.82 Å². The van der Waals surface area contributed by atoms with E-state index >= 15 is 0 Å². The normalized spacial score (nSPS) is 13.2. The summed E-state index contributed by atoms with van der Waals surface area (Å²) in [5.74, 6) is 1.13. The zero-order chi connectivity index (χ0) is 9.68.